The van der Waals surface area contributed by atoms with E-state index < -0.39 is 0 Å². The van der Waals surface area contributed by atoms with E-state index in [9.17, 15) is 10.1 Å². The van der Waals surface area contributed by atoms with Crippen LogP contribution in [-0.2, 0) is 6.54 Å². The zero-order chi connectivity index (χ0) is 11.9. The van der Waals surface area contributed by atoms with Crippen LogP contribution in [0.15, 0.2) is 0 Å². The van der Waals surface area contributed by atoms with Crippen molar-refractivity contribution in [3.05, 3.63) is 21.5 Å². The van der Waals surface area contributed by atoms with Crippen LogP contribution in [-0.4, -0.2) is 20.5 Å². The van der Waals surface area contributed by atoms with Gasteiger partial charge in [-0.25, -0.2) is 0 Å². The molecule has 88 valence electrons. The van der Waals surface area contributed by atoms with Crippen molar-refractivity contribution in [3.8, 4) is 0 Å². The summed E-state index contributed by atoms with van der Waals surface area (Å²) in [6.45, 7) is 4.19. The third-order valence-electron chi connectivity index (χ3n) is 3.30. The zero-order valence-corrected chi connectivity index (χ0v) is 10.3. The van der Waals surface area contributed by atoms with E-state index in [2.05, 4.69) is 17.7 Å². The fourth-order valence-electron chi connectivity index (χ4n) is 1.97. The zero-order valence-electron chi connectivity index (χ0n) is 9.43. The first-order valence-electron chi connectivity index (χ1n) is 5.28. The molecule has 1 aromatic rings. The lowest BCUT2D eigenvalue weighted by Gasteiger charge is -2.12. The van der Waals surface area contributed by atoms with E-state index in [0.717, 1.165) is 25.1 Å². The molecule has 0 N–H and O–H groups in total. The van der Waals surface area contributed by atoms with Gasteiger partial charge in [0.05, 0.1) is 4.92 Å². The molecular formula is C10H15N3O2S. The largest absolute Gasteiger partial charge is 0.312 e. The highest BCUT2D eigenvalue weighted by atomic mass is 32.1. The average Bonchev–Trinajstić information content (AvgIpc) is 2.91. The minimum atomic E-state index is -0.353. The van der Waals surface area contributed by atoms with Gasteiger partial charge in [0.2, 0.25) is 0 Å². The summed E-state index contributed by atoms with van der Waals surface area (Å²) in [4.78, 5) is 10.5. The molecule has 2 rings (SSSR count). The van der Waals surface area contributed by atoms with Crippen LogP contribution < -0.4 is 0 Å². The molecule has 5 nitrogen and oxygen atoms in total. The lowest BCUT2D eigenvalue weighted by Crippen LogP contribution is -2.15. The molecule has 0 aromatic carbocycles. The molecule has 1 aromatic heterocycles. The summed E-state index contributed by atoms with van der Waals surface area (Å²) in [5, 5.41) is 15.1. The first kappa shape index (κ1) is 11.4. The van der Waals surface area contributed by atoms with Gasteiger partial charge < -0.3 is 0 Å². The molecule has 0 spiro atoms. The van der Waals surface area contributed by atoms with E-state index in [4.69, 9.17) is 0 Å². The molecule has 0 atom stereocenters. The van der Waals surface area contributed by atoms with Gasteiger partial charge in [0, 0.05) is 6.54 Å². The van der Waals surface area contributed by atoms with Gasteiger partial charge in [-0.2, -0.15) is 17.7 Å². The maximum Gasteiger partial charge on any atom is 0.312 e. The number of nitro groups is 1. The fourth-order valence-corrected chi connectivity index (χ4v) is 2.38. The Balaban J connectivity index is 2.29. The molecule has 1 saturated carbocycles. The molecule has 0 amide bonds. The molecule has 0 bridgehead atoms. The normalized spacial score (nSPS) is 17.4. The second-order valence-electron chi connectivity index (χ2n) is 4.59. The summed E-state index contributed by atoms with van der Waals surface area (Å²) >= 11 is 4.33. The topological polar surface area (TPSA) is 61.0 Å². The van der Waals surface area contributed by atoms with Gasteiger partial charge in [-0.3, -0.25) is 14.8 Å². The molecule has 0 unspecified atom stereocenters. The second kappa shape index (κ2) is 3.76. The van der Waals surface area contributed by atoms with E-state index in [-0.39, 0.29) is 16.0 Å². The number of thiol groups is 1. The van der Waals surface area contributed by atoms with E-state index in [1.54, 1.807) is 18.5 Å². The van der Waals surface area contributed by atoms with Crippen molar-refractivity contribution < 1.29 is 4.92 Å². The summed E-state index contributed by atoms with van der Waals surface area (Å²) in [7, 11) is 0. The Bertz CT molecular complexity index is 438. The molecule has 6 heteroatoms. The van der Waals surface area contributed by atoms with Crippen LogP contribution in [0.2, 0.25) is 0 Å². The predicted octanol–water partition coefficient (Wildman–Crippen LogP) is 2.12. The van der Waals surface area contributed by atoms with Gasteiger partial charge in [-0.15, -0.1) is 0 Å². The third kappa shape index (κ3) is 1.81. The van der Waals surface area contributed by atoms with Crippen LogP contribution in [0.4, 0.5) is 5.69 Å². The highest BCUT2D eigenvalue weighted by Crippen LogP contribution is 2.48. The molecular weight excluding hydrogens is 226 g/mol. The highest BCUT2D eigenvalue weighted by molar-refractivity contribution is 7.80. The lowest BCUT2D eigenvalue weighted by molar-refractivity contribution is -0.386. The van der Waals surface area contributed by atoms with E-state index in [1.165, 1.54) is 0 Å². The first-order valence-corrected chi connectivity index (χ1v) is 5.92. The minimum Gasteiger partial charge on any atom is -0.262 e. The monoisotopic (exact) mass is 241 g/mol. The maximum atomic E-state index is 10.8. The van der Waals surface area contributed by atoms with Crippen molar-refractivity contribution in [3.63, 3.8) is 0 Å². The van der Waals surface area contributed by atoms with Gasteiger partial charge in [0.1, 0.15) is 11.4 Å². The van der Waals surface area contributed by atoms with Gasteiger partial charge >= 0.3 is 5.69 Å². The maximum absolute atomic E-state index is 10.8. The van der Waals surface area contributed by atoms with Crippen molar-refractivity contribution in [1.29, 1.82) is 0 Å². The number of aromatic nitrogens is 2. The van der Waals surface area contributed by atoms with Crippen LogP contribution in [0.3, 0.4) is 0 Å². The van der Waals surface area contributed by atoms with E-state index in [0.29, 0.717) is 11.4 Å². The third-order valence-corrected chi connectivity index (χ3v) is 3.97. The SMILES string of the molecule is Cc1nn(CC2(CS)CC2)c(C)c1[N+](=O)[O-]. The lowest BCUT2D eigenvalue weighted by atomic mass is 10.1. The van der Waals surface area contributed by atoms with Crippen LogP contribution in [0.5, 0.6) is 0 Å². The van der Waals surface area contributed by atoms with Crippen molar-refractivity contribution in [2.45, 2.75) is 33.2 Å². The fraction of sp³-hybridized carbons (Fsp3) is 0.700. The summed E-state index contributed by atoms with van der Waals surface area (Å²) in [6.07, 6.45) is 2.28. The van der Waals surface area contributed by atoms with Gasteiger partial charge in [-0.1, -0.05) is 0 Å². The van der Waals surface area contributed by atoms with Crippen molar-refractivity contribution in [2.24, 2.45) is 5.41 Å². The Morgan fingerprint density at radius 1 is 1.56 bits per heavy atom. The summed E-state index contributed by atoms with van der Waals surface area (Å²) in [5.74, 6) is 0.819. The standard InChI is InChI=1S/C10H15N3O2S/c1-7-9(13(14)15)8(2)12(11-7)5-10(6-16)3-4-10/h16H,3-6H2,1-2H3. The number of rotatable bonds is 4. The molecule has 1 aliphatic rings. The minimum absolute atomic E-state index is 0.148. The van der Waals surface area contributed by atoms with Crippen molar-refractivity contribution in [2.75, 3.05) is 5.75 Å². The van der Waals surface area contributed by atoms with Gasteiger partial charge in [0.15, 0.2) is 0 Å². The summed E-state index contributed by atoms with van der Waals surface area (Å²) < 4.78 is 1.76. The van der Waals surface area contributed by atoms with Crippen LogP contribution in [0.1, 0.15) is 24.2 Å². The quantitative estimate of drug-likeness (QED) is 0.499. The second-order valence-corrected chi connectivity index (χ2v) is 4.91. The Kier molecular flexibility index (Phi) is 2.69. The summed E-state index contributed by atoms with van der Waals surface area (Å²) in [5.41, 5.74) is 1.52. The van der Waals surface area contributed by atoms with Crippen LogP contribution in [0.25, 0.3) is 0 Å². The van der Waals surface area contributed by atoms with Gasteiger partial charge in [-0.05, 0) is 37.9 Å². The van der Waals surface area contributed by atoms with Crippen molar-refractivity contribution in [1.82, 2.24) is 9.78 Å². The number of aryl methyl sites for hydroxylation is 1. The van der Waals surface area contributed by atoms with Crippen LogP contribution >= 0.6 is 12.6 Å². The molecule has 1 fully saturated rings. The van der Waals surface area contributed by atoms with Gasteiger partial charge in [0.25, 0.3) is 0 Å². The number of hydrogen-bond acceptors (Lipinski definition) is 4. The molecule has 1 aliphatic carbocycles. The molecule has 0 aliphatic heterocycles. The number of hydrogen-bond donors (Lipinski definition) is 1. The summed E-state index contributed by atoms with van der Waals surface area (Å²) in [6, 6.07) is 0. The average molecular weight is 241 g/mol. The van der Waals surface area contributed by atoms with Crippen molar-refractivity contribution >= 4 is 18.3 Å². The Labute approximate surface area is 99.4 Å². The van der Waals surface area contributed by atoms with E-state index in [1.807, 2.05) is 0 Å². The van der Waals surface area contributed by atoms with Crippen LogP contribution in [0, 0.1) is 29.4 Å². The number of nitrogens with zero attached hydrogens (tertiary/aromatic N) is 3. The first-order chi connectivity index (χ1) is 7.49. The molecule has 16 heavy (non-hydrogen) atoms. The highest BCUT2D eigenvalue weighted by Gasteiger charge is 2.42. The Morgan fingerprint density at radius 3 is 2.56 bits per heavy atom. The molecule has 1 heterocycles. The predicted molar refractivity (Wildman–Crippen MR) is 63.9 cm³/mol. The Morgan fingerprint density at radius 2 is 2.19 bits per heavy atom. The van der Waals surface area contributed by atoms with E-state index >= 15 is 0 Å². The molecule has 0 radical (unpaired) electrons. The Hall–Kier alpha value is -1.04. The smallest absolute Gasteiger partial charge is 0.262 e. The molecule has 0 saturated heterocycles.